The Bertz CT molecular complexity index is 578. The molecule has 104 valence electrons. The number of hydrogen-bond donors (Lipinski definition) is 1. The van der Waals surface area contributed by atoms with Gasteiger partial charge in [-0.3, -0.25) is 9.36 Å². The number of rotatable bonds is 3. The van der Waals surface area contributed by atoms with Crippen LogP contribution in [0.3, 0.4) is 0 Å². The van der Waals surface area contributed by atoms with Crippen molar-refractivity contribution in [1.29, 1.82) is 0 Å². The van der Waals surface area contributed by atoms with Crippen molar-refractivity contribution in [3.05, 3.63) is 42.6 Å². The summed E-state index contributed by atoms with van der Waals surface area (Å²) >= 11 is 0. The van der Waals surface area contributed by atoms with Gasteiger partial charge in [0.25, 0.3) is 5.91 Å². The average molecular weight is 271 g/mol. The van der Waals surface area contributed by atoms with Crippen molar-refractivity contribution in [3.63, 3.8) is 0 Å². The summed E-state index contributed by atoms with van der Waals surface area (Å²) in [5, 5.41) is 0. The van der Waals surface area contributed by atoms with Crippen molar-refractivity contribution in [2.24, 2.45) is 5.73 Å². The molecule has 1 fully saturated rings. The van der Waals surface area contributed by atoms with E-state index in [2.05, 4.69) is 9.97 Å². The number of amides is 1. The molecule has 3 rings (SSSR count). The van der Waals surface area contributed by atoms with Crippen LogP contribution in [-0.4, -0.2) is 44.5 Å². The van der Waals surface area contributed by atoms with Crippen molar-refractivity contribution in [2.45, 2.75) is 18.9 Å². The second-order valence-electron chi connectivity index (χ2n) is 4.91. The normalized spacial score (nSPS) is 18.4. The fourth-order valence-corrected chi connectivity index (χ4v) is 2.57. The SMILES string of the molecule is NCC1CCCN1C(=O)c1ccc(-n2ccnc2)nc1. The van der Waals surface area contributed by atoms with Crippen LogP contribution in [0.2, 0.25) is 0 Å². The summed E-state index contributed by atoms with van der Waals surface area (Å²) in [5.41, 5.74) is 6.31. The van der Waals surface area contributed by atoms with E-state index in [-0.39, 0.29) is 11.9 Å². The minimum atomic E-state index is 0.0163. The van der Waals surface area contributed by atoms with Gasteiger partial charge in [-0.1, -0.05) is 0 Å². The molecule has 6 heteroatoms. The van der Waals surface area contributed by atoms with Gasteiger partial charge in [0.15, 0.2) is 0 Å². The minimum absolute atomic E-state index is 0.0163. The summed E-state index contributed by atoms with van der Waals surface area (Å²) in [5.74, 6) is 0.762. The van der Waals surface area contributed by atoms with Gasteiger partial charge in [0.05, 0.1) is 5.56 Å². The number of imidazole rings is 1. The summed E-state index contributed by atoms with van der Waals surface area (Å²) < 4.78 is 1.80. The molecule has 6 nitrogen and oxygen atoms in total. The zero-order valence-corrected chi connectivity index (χ0v) is 11.1. The van der Waals surface area contributed by atoms with Crippen LogP contribution in [0, 0.1) is 0 Å². The first-order valence-electron chi connectivity index (χ1n) is 6.75. The molecule has 0 saturated carbocycles. The number of aromatic nitrogens is 3. The molecule has 20 heavy (non-hydrogen) atoms. The van der Waals surface area contributed by atoms with Crippen molar-refractivity contribution >= 4 is 5.91 Å². The van der Waals surface area contributed by atoms with Crippen molar-refractivity contribution in [1.82, 2.24) is 19.4 Å². The smallest absolute Gasteiger partial charge is 0.255 e. The fourth-order valence-electron chi connectivity index (χ4n) is 2.57. The number of nitrogens with zero attached hydrogens (tertiary/aromatic N) is 4. The lowest BCUT2D eigenvalue weighted by Gasteiger charge is -2.23. The standard InChI is InChI=1S/C14H17N5O/c15-8-12-2-1-6-19(12)14(20)11-3-4-13(17-9-11)18-7-5-16-10-18/h3-5,7,9-10,12H,1-2,6,8,15H2. The third-order valence-corrected chi connectivity index (χ3v) is 3.67. The Hall–Kier alpha value is -2.21. The molecule has 2 aromatic heterocycles. The van der Waals surface area contributed by atoms with E-state index in [1.54, 1.807) is 29.4 Å². The highest BCUT2D eigenvalue weighted by atomic mass is 16.2. The number of pyridine rings is 1. The first-order chi connectivity index (χ1) is 9.79. The Morgan fingerprint density at radius 2 is 2.35 bits per heavy atom. The molecule has 1 unspecified atom stereocenters. The Labute approximate surface area is 117 Å². The van der Waals surface area contributed by atoms with Crippen molar-refractivity contribution in [3.8, 4) is 5.82 Å². The van der Waals surface area contributed by atoms with Gasteiger partial charge >= 0.3 is 0 Å². The largest absolute Gasteiger partial charge is 0.334 e. The van der Waals surface area contributed by atoms with E-state index in [1.165, 1.54) is 0 Å². The molecule has 1 amide bonds. The Morgan fingerprint density at radius 1 is 1.45 bits per heavy atom. The van der Waals surface area contributed by atoms with Gasteiger partial charge in [0.1, 0.15) is 12.1 Å². The number of carbonyl (C=O) groups is 1. The fraction of sp³-hybridized carbons (Fsp3) is 0.357. The van der Waals surface area contributed by atoms with Crippen LogP contribution in [-0.2, 0) is 0 Å². The molecule has 1 aliphatic rings. The zero-order valence-electron chi connectivity index (χ0n) is 11.1. The Morgan fingerprint density at radius 3 is 3.00 bits per heavy atom. The third-order valence-electron chi connectivity index (χ3n) is 3.67. The van der Waals surface area contributed by atoms with Crippen LogP contribution in [0.15, 0.2) is 37.1 Å². The molecule has 0 spiro atoms. The predicted octanol–water partition coefficient (Wildman–Crippen LogP) is 0.831. The predicted molar refractivity (Wildman–Crippen MR) is 74.5 cm³/mol. The second kappa shape index (κ2) is 5.42. The highest BCUT2D eigenvalue weighted by Gasteiger charge is 2.28. The topological polar surface area (TPSA) is 77.0 Å². The van der Waals surface area contributed by atoms with E-state index in [1.807, 2.05) is 17.2 Å². The summed E-state index contributed by atoms with van der Waals surface area (Å²) in [4.78, 5) is 22.6. The van der Waals surface area contributed by atoms with E-state index in [0.29, 0.717) is 12.1 Å². The lowest BCUT2D eigenvalue weighted by molar-refractivity contribution is 0.0741. The van der Waals surface area contributed by atoms with Gasteiger partial charge in [-0.2, -0.15) is 0 Å². The maximum atomic E-state index is 12.4. The van der Waals surface area contributed by atoms with E-state index < -0.39 is 0 Å². The molecular formula is C14H17N5O. The number of carbonyl (C=O) groups excluding carboxylic acids is 1. The number of nitrogens with two attached hydrogens (primary N) is 1. The van der Waals surface area contributed by atoms with Gasteiger partial charge in [-0.15, -0.1) is 0 Å². The van der Waals surface area contributed by atoms with Crippen LogP contribution >= 0.6 is 0 Å². The Kier molecular flexibility index (Phi) is 3.47. The molecule has 2 N–H and O–H groups in total. The quantitative estimate of drug-likeness (QED) is 0.897. The van der Waals surface area contributed by atoms with Gasteiger partial charge in [0.2, 0.25) is 0 Å². The molecule has 0 bridgehead atoms. The molecule has 1 aliphatic heterocycles. The first-order valence-corrected chi connectivity index (χ1v) is 6.75. The average Bonchev–Trinajstić information content (AvgIpc) is 3.17. The van der Waals surface area contributed by atoms with E-state index >= 15 is 0 Å². The molecule has 1 atom stereocenters. The first kappa shape index (κ1) is 12.8. The third kappa shape index (κ3) is 2.30. The second-order valence-corrected chi connectivity index (χ2v) is 4.91. The molecule has 0 radical (unpaired) electrons. The molecule has 3 heterocycles. The molecule has 1 saturated heterocycles. The minimum Gasteiger partial charge on any atom is -0.334 e. The molecule has 0 aliphatic carbocycles. The highest BCUT2D eigenvalue weighted by Crippen LogP contribution is 2.19. The summed E-state index contributed by atoms with van der Waals surface area (Å²) in [7, 11) is 0. The zero-order chi connectivity index (χ0) is 13.9. The van der Waals surface area contributed by atoms with Crippen molar-refractivity contribution < 1.29 is 4.79 Å². The van der Waals surface area contributed by atoms with Crippen LogP contribution in [0.5, 0.6) is 0 Å². The van der Waals surface area contributed by atoms with E-state index in [4.69, 9.17) is 5.73 Å². The molecular weight excluding hydrogens is 254 g/mol. The van der Waals surface area contributed by atoms with Crippen molar-refractivity contribution in [2.75, 3.05) is 13.1 Å². The maximum absolute atomic E-state index is 12.4. The Balaban J connectivity index is 1.79. The van der Waals surface area contributed by atoms with Gasteiger partial charge in [-0.05, 0) is 25.0 Å². The summed E-state index contributed by atoms with van der Waals surface area (Å²) in [6.07, 6.45) is 8.81. The number of likely N-dealkylation sites (tertiary alicyclic amines) is 1. The summed E-state index contributed by atoms with van der Waals surface area (Å²) in [6.45, 7) is 1.30. The van der Waals surface area contributed by atoms with Crippen LogP contribution in [0.25, 0.3) is 5.82 Å². The van der Waals surface area contributed by atoms with Gasteiger partial charge in [0, 0.05) is 37.7 Å². The number of hydrogen-bond acceptors (Lipinski definition) is 4. The van der Waals surface area contributed by atoms with Crippen LogP contribution < -0.4 is 5.73 Å². The summed E-state index contributed by atoms with van der Waals surface area (Å²) in [6, 6.07) is 3.79. The highest BCUT2D eigenvalue weighted by molar-refractivity contribution is 5.94. The molecule has 2 aromatic rings. The lowest BCUT2D eigenvalue weighted by Crippen LogP contribution is -2.39. The van der Waals surface area contributed by atoms with E-state index in [9.17, 15) is 4.79 Å². The van der Waals surface area contributed by atoms with Gasteiger partial charge in [-0.25, -0.2) is 9.97 Å². The monoisotopic (exact) mass is 271 g/mol. The van der Waals surface area contributed by atoms with Crippen LogP contribution in [0.4, 0.5) is 0 Å². The van der Waals surface area contributed by atoms with Gasteiger partial charge < -0.3 is 10.6 Å². The maximum Gasteiger partial charge on any atom is 0.255 e. The van der Waals surface area contributed by atoms with Crippen LogP contribution in [0.1, 0.15) is 23.2 Å². The van der Waals surface area contributed by atoms with E-state index in [0.717, 1.165) is 25.2 Å². The lowest BCUT2D eigenvalue weighted by atomic mass is 10.2. The molecule has 0 aromatic carbocycles.